The first-order valence-electron chi connectivity index (χ1n) is 7.12. The number of fused-ring (bicyclic) bond motifs is 1. The standard InChI is InChI=1S/C17H16N4O2/c1-11-3-6-13(7-4-11)19-16-14(9-18-23)17(22)21-10-12(2)5-8-15(21)20-16/h3-10,19,23H,1-2H3/b18-9+. The van der Waals surface area contributed by atoms with Crippen molar-refractivity contribution < 1.29 is 5.21 Å². The Morgan fingerprint density at radius 3 is 2.52 bits per heavy atom. The summed E-state index contributed by atoms with van der Waals surface area (Å²) in [6.07, 6.45) is 2.80. The van der Waals surface area contributed by atoms with E-state index in [2.05, 4.69) is 15.5 Å². The van der Waals surface area contributed by atoms with Gasteiger partial charge in [0, 0.05) is 11.9 Å². The van der Waals surface area contributed by atoms with Crippen LogP contribution in [-0.4, -0.2) is 20.8 Å². The van der Waals surface area contributed by atoms with E-state index in [-0.39, 0.29) is 11.1 Å². The maximum absolute atomic E-state index is 12.6. The highest BCUT2D eigenvalue weighted by Gasteiger charge is 2.12. The van der Waals surface area contributed by atoms with Crippen molar-refractivity contribution in [2.75, 3.05) is 5.32 Å². The molecule has 0 aliphatic heterocycles. The molecule has 116 valence electrons. The first-order valence-corrected chi connectivity index (χ1v) is 7.12. The van der Waals surface area contributed by atoms with Crippen molar-refractivity contribution >= 4 is 23.4 Å². The lowest BCUT2D eigenvalue weighted by molar-refractivity contribution is 0.322. The van der Waals surface area contributed by atoms with Crippen LogP contribution in [-0.2, 0) is 0 Å². The summed E-state index contributed by atoms with van der Waals surface area (Å²) in [5.74, 6) is 0.348. The van der Waals surface area contributed by atoms with E-state index in [0.717, 1.165) is 23.0 Å². The van der Waals surface area contributed by atoms with Crippen molar-refractivity contribution in [3.05, 3.63) is 69.6 Å². The van der Waals surface area contributed by atoms with Gasteiger partial charge in [0.1, 0.15) is 17.0 Å². The number of hydrogen-bond donors (Lipinski definition) is 2. The van der Waals surface area contributed by atoms with Crippen LogP contribution in [0.3, 0.4) is 0 Å². The van der Waals surface area contributed by atoms with Gasteiger partial charge in [0.15, 0.2) is 0 Å². The lowest BCUT2D eigenvalue weighted by Gasteiger charge is -2.11. The highest BCUT2D eigenvalue weighted by atomic mass is 16.4. The van der Waals surface area contributed by atoms with Crippen molar-refractivity contribution in [3.63, 3.8) is 0 Å². The van der Waals surface area contributed by atoms with Crippen LogP contribution in [0, 0.1) is 13.8 Å². The van der Waals surface area contributed by atoms with E-state index in [1.54, 1.807) is 12.3 Å². The Kier molecular flexibility index (Phi) is 3.80. The molecule has 0 atom stereocenters. The van der Waals surface area contributed by atoms with E-state index < -0.39 is 0 Å². The summed E-state index contributed by atoms with van der Waals surface area (Å²) in [5, 5.41) is 15.0. The summed E-state index contributed by atoms with van der Waals surface area (Å²) >= 11 is 0. The minimum atomic E-state index is -0.300. The van der Waals surface area contributed by atoms with E-state index >= 15 is 0 Å². The molecule has 0 spiro atoms. The van der Waals surface area contributed by atoms with Crippen molar-refractivity contribution in [1.29, 1.82) is 0 Å². The number of nitrogens with one attached hydrogen (secondary N) is 1. The molecule has 0 aliphatic carbocycles. The van der Waals surface area contributed by atoms with Gasteiger partial charge in [0.25, 0.3) is 5.56 Å². The molecule has 0 fully saturated rings. The monoisotopic (exact) mass is 308 g/mol. The Bertz CT molecular complexity index is 943. The molecule has 0 radical (unpaired) electrons. The largest absolute Gasteiger partial charge is 0.411 e. The second-order valence-electron chi connectivity index (χ2n) is 5.35. The van der Waals surface area contributed by atoms with E-state index in [9.17, 15) is 4.79 Å². The Balaban J connectivity index is 2.18. The number of hydrogen-bond acceptors (Lipinski definition) is 5. The van der Waals surface area contributed by atoms with Gasteiger partial charge in [-0.15, -0.1) is 0 Å². The van der Waals surface area contributed by atoms with Crippen LogP contribution in [0.25, 0.3) is 5.65 Å². The molecule has 0 saturated carbocycles. The molecule has 0 aliphatic rings. The fourth-order valence-electron chi connectivity index (χ4n) is 2.30. The number of oxime groups is 1. The molecule has 0 unspecified atom stereocenters. The molecule has 0 bridgehead atoms. The number of pyridine rings is 1. The van der Waals surface area contributed by atoms with Crippen LogP contribution < -0.4 is 10.9 Å². The van der Waals surface area contributed by atoms with Crippen molar-refractivity contribution in [1.82, 2.24) is 9.38 Å². The van der Waals surface area contributed by atoms with Crippen molar-refractivity contribution in [2.45, 2.75) is 13.8 Å². The molecular weight excluding hydrogens is 292 g/mol. The van der Waals surface area contributed by atoms with Crippen LogP contribution in [0.4, 0.5) is 11.5 Å². The van der Waals surface area contributed by atoms with E-state index in [4.69, 9.17) is 5.21 Å². The highest BCUT2D eigenvalue weighted by molar-refractivity contribution is 5.87. The maximum Gasteiger partial charge on any atom is 0.269 e. The van der Waals surface area contributed by atoms with Crippen molar-refractivity contribution in [3.8, 4) is 0 Å². The molecule has 6 nitrogen and oxygen atoms in total. The molecule has 6 heteroatoms. The fraction of sp³-hybridized carbons (Fsp3) is 0.118. The summed E-state index contributed by atoms with van der Waals surface area (Å²) in [4.78, 5) is 17.1. The van der Waals surface area contributed by atoms with Crippen LogP contribution in [0.5, 0.6) is 0 Å². The van der Waals surface area contributed by atoms with Gasteiger partial charge in [0.2, 0.25) is 0 Å². The van der Waals surface area contributed by atoms with Gasteiger partial charge in [-0.05, 0) is 37.6 Å². The highest BCUT2D eigenvalue weighted by Crippen LogP contribution is 2.17. The lowest BCUT2D eigenvalue weighted by Crippen LogP contribution is -2.22. The van der Waals surface area contributed by atoms with Gasteiger partial charge in [-0.2, -0.15) is 0 Å². The molecule has 2 heterocycles. The number of aryl methyl sites for hydroxylation is 2. The number of rotatable bonds is 3. The topological polar surface area (TPSA) is 79.0 Å². The lowest BCUT2D eigenvalue weighted by atomic mass is 10.2. The number of nitrogens with zero attached hydrogens (tertiary/aromatic N) is 3. The average Bonchev–Trinajstić information content (AvgIpc) is 2.54. The van der Waals surface area contributed by atoms with Gasteiger partial charge in [-0.3, -0.25) is 9.20 Å². The van der Waals surface area contributed by atoms with Crippen LogP contribution in [0.2, 0.25) is 0 Å². The third kappa shape index (κ3) is 2.91. The van der Waals surface area contributed by atoms with Gasteiger partial charge in [-0.25, -0.2) is 4.98 Å². The Morgan fingerprint density at radius 2 is 1.83 bits per heavy atom. The molecule has 3 aromatic rings. The quantitative estimate of drug-likeness (QED) is 0.443. The van der Waals surface area contributed by atoms with E-state index in [1.807, 2.05) is 44.2 Å². The van der Waals surface area contributed by atoms with Gasteiger partial charge >= 0.3 is 0 Å². The van der Waals surface area contributed by atoms with Gasteiger partial charge < -0.3 is 10.5 Å². The van der Waals surface area contributed by atoms with Crippen LogP contribution >= 0.6 is 0 Å². The zero-order valence-corrected chi connectivity index (χ0v) is 12.8. The molecule has 2 aromatic heterocycles. The summed E-state index contributed by atoms with van der Waals surface area (Å²) in [7, 11) is 0. The third-order valence-corrected chi connectivity index (χ3v) is 3.51. The average molecular weight is 308 g/mol. The molecule has 0 saturated heterocycles. The van der Waals surface area contributed by atoms with Gasteiger partial charge in [-0.1, -0.05) is 28.9 Å². The summed E-state index contributed by atoms with van der Waals surface area (Å²) in [5.41, 5.74) is 3.28. The molecule has 23 heavy (non-hydrogen) atoms. The van der Waals surface area contributed by atoms with E-state index in [0.29, 0.717) is 11.5 Å². The Hall–Kier alpha value is -3.15. The summed E-state index contributed by atoms with van der Waals surface area (Å²) in [6, 6.07) is 11.4. The van der Waals surface area contributed by atoms with Gasteiger partial charge in [0.05, 0.1) is 6.21 Å². The summed E-state index contributed by atoms with van der Waals surface area (Å²) < 4.78 is 1.44. The second kappa shape index (κ2) is 5.92. The zero-order chi connectivity index (χ0) is 16.4. The first-order chi connectivity index (χ1) is 11.1. The first kappa shape index (κ1) is 14.8. The smallest absolute Gasteiger partial charge is 0.269 e. The second-order valence-corrected chi connectivity index (χ2v) is 5.35. The third-order valence-electron chi connectivity index (χ3n) is 3.51. The minimum absolute atomic E-state index is 0.191. The Labute approximate surface area is 132 Å². The number of benzene rings is 1. The fourth-order valence-corrected chi connectivity index (χ4v) is 2.30. The molecule has 0 amide bonds. The minimum Gasteiger partial charge on any atom is -0.411 e. The number of anilines is 2. The number of aromatic nitrogens is 2. The van der Waals surface area contributed by atoms with Crippen molar-refractivity contribution in [2.24, 2.45) is 5.16 Å². The molecule has 1 aromatic carbocycles. The SMILES string of the molecule is Cc1ccc(Nc2nc3ccc(C)cn3c(=O)c2/C=N/O)cc1. The Morgan fingerprint density at radius 1 is 1.13 bits per heavy atom. The summed E-state index contributed by atoms with van der Waals surface area (Å²) in [6.45, 7) is 3.89. The van der Waals surface area contributed by atoms with Crippen LogP contribution in [0.1, 0.15) is 16.7 Å². The molecule has 2 N–H and O–H groups in total. The predicted molar refractivity (Wildman–Crippen MR) is 90.0 cm³/mol. The normalized spacial score (nSPS) is 11.2. The molecule has 3 rings (SSSR count). The van der Waals surface area contributed by atoms with E-state index in [1.165, 1.54) is 4.40 Å². The molecular formula is C17H16N4O2. The van der Waals surface area contributed by atoms with Crippen LogP contribution in [0.15, 0.2) is 52.5 Å². The predicted octanol–water partition coefficient (Wildman–Crippen LogP) is 2.86. The zero-order valence-electron chi connectivity index (χ0n) is 12.8. The maximum atomic E-state index is 12.6.